The summed E-state index contributed by atoms with van der Waals surface area (Å²) < 4.78 is 2.87. The van der Waals surface area contributed by atoms with E-state index in [2.05, 4.69) is 13.8 Å². The molecular formula is C16H34ClSn+. The van der Waals surface area contributed by atoms with Crippen LogP contribution in [0.4, 0.5) is 0 Å². The van der Waals surface area contributed by atoms with Crippen LogP contribution in [0.2, 0.25) is 8.87 Å². The molecule has 108 valence electrons. The van der Waals surface area contributed by atoms with E-state index in [0.717, 1.165) is 0 Å². The molecule has 0 N–H and O–H groups in total. The van der Waals surface area contributed by atoms with Crippen molar-refractivity contribution in [3.63, 3.8) is 0 Å². The number of hydrogen-bond acceptors (Lipinski definition) is 0. The molecule has 0 rings (SSSR count). The molecule has 0 unspecified atom stereocenters. The van der Waals surface area contributed by atoms with Crippen LogP contribution >= 0.6 is 8.92 Å². The zero-order valence-electron chi connectivity index (χ0n) is 12.8. The van der Waals surface area contributed by atoms with Crippen LogP contribution < -0.4 is 0 Å². The van der Waals surface area contributed by atoms with E-state index >= 15 is 0 Å². The molecular weight excluding hydrogens is 346 g/mol. The average molecular weight is 381 g/mol. The van der Waals surface area contributed by atoms with Crippen LogP contribution in [0, 0.1) is 0 Å². The Morgan fingerprint density at radius 3 is 1.28 bits per heavy atom. The molecule has 0 fully saturated rings. The minimum atomic E-state index is -1.39. The van der Waals surface area contributed by atoms with Crippen molar-refractivity contribution in [3.8, 4) is 0 Å². The Kier molecular flexibility index (Phi) is 17.1. The van der Waals surface area contributed by atoms with Gasteiger partial charge in [0.25, 0.3) is 0 Å². The van der Waals surface area contributed by atoms with Crippen molar-refractivity contribution in [1.82, 2.24) is 0 Å². The fourth-order valence-electron chi connectivity index (χ4n) is 2.32. The van der Waals surface area contributed by atoms with Gasteiger partial charge in [-0.2, -0.15) is 0 Å². The van der Waals surface area contributed by atoms with Crippen LogP contribution in [-0.2, 0) is 0 Å². The summed E-state index contributed by atoms with van der Waals surface area (Å²) in [5.41, 5.74) is 0. The summed E-state index contributed by atoms with van der Waals surface area (Å²) in [6.45, 7) is 4.57. The van der Waals surface area contributed by atoms with Gasteiger partial charge in [0.1, 0.15) is 0 Å². The van der Waals surface area contributed by atoms with E-state index in [1.54, 1.807) is 0 Å². The molecule has 0 bridgehead atoms. The van der Waals surface area contributed by atoms with Gasteiger partial charge in [-0.3, -0.25) is 0 Å². The van der Waals surface area contributed by atoms with Crippen molar-refractivity contribution in [2.45, 2.75) is 99.8 Å². The topological polar surface area (TPSA) is 0 Å². The van der Waals surface area contributed by atoms with Gasteiger partial charge >= 0.3 is 127 Å². The molecule has 0 aromatic rings. The SMILES string of the molecule is CCCCCCC[CH2][Sn+]([Cl])[CH2]CCCCCCC. The quantitative estimate of drug-likeness (QED) is 0.226. The van der Waals surface area contributed by atoms with Crippen LogP contribution in [0.25, 0.3) is 0 Å². The van der Waals surface area contributed by atoms with Gasteiger partial charge < -0.3 is 0 Å². The van der Waals surface area contributed by atoms with E-state index < -0.39 is 18.6 Å². The molecule has 0 radical (unpaired) electrons. The predicted octanol–water partition coefficient (Wildman–Crippen LogP) is 6.94. The third-order valence-electron chi connectivity index (χ3n) is 3.60. The molecule has 0 atom stereocenters. The van der Waals surface area contributed by atoms with Gasteiger partial charge in [-0.25, -0.2) is 0 Å². The summed E-state index contributed by atoms with van der Waals surface area (Å²) in [6.07, 6.45) is 17.0. The first-order valence-corrected chi connectivity index (χ1v) is 16.0. The Bertz CT molecular complexity index is 134. The summed E-state index contributed by atoms with van der Waals surface area (Å²) in [5.74, 6) is 0. The molecule has 0 saturated carbocycles. The van der Waals surface area contributed by atoms with Crippen molar-refractivity contribution in [2.75, 3.05) is 0 Å². The number of halogens is 1. The van der Waals surface area contributed by atoms with E-state index in [9.17, 15) is 0 Å². The first-order valence-electron chi connectivity index (χ1n) is 8.31. The zero-order chi connectivity index (χ0) is 13.5. The minimum absolute atomic E-state index is 1.36. The van der Waals surface area contributed by atoms with Gasteiger partial charge in [-0.1, -0.05) is 0 Å². The molecule has 0 aromatic carbocycles. The van der Waals surface area contributed by atoms with E-state index in [1.165, 1.54) is 85.9 Å². The van der Waals surface area contributed by atoms with Crippen LogP contribution in [0.15, 0.2) is 0 Å². The summed E-state index contributed by atoms with van der Waals surface area (Å²) in [4.78, 5) is 0. The van der Waals surface area contributed by atoms with Crippen molar-refractivity contribution in [2.24, 2.45) is 0 Å². The van der Waals surface area contributed by atoms with Gasteiger partial charge in [-0.05, 0) is 0 Å². The van der Waals surface area contributed by atoms with Crippen molar-refractivity contribution < 1.29 is 0 Å². The molecule has 0 saturated heterocycles. The molecule has 0 aliphatic carbocycles. The Balaban J connectivity index is 3.10. The van der Waals surface area contributed by atoms with Crippen LogP contribution in [0.5, 0.6) is 0 Å². The van der Waals surface area contributed by atoms with E-state index in [0.29, 0.717) is 0 Å². The molecule has 0 nitrogen and oxygen atoms in total. The third-order valence-corrected chi connectivity index (χ3v) is 11.3. The summed E-state index contributed by atoms with van der Waals surface area (Å²) >= 11 is -1.39. The monoisotopic (exact) mass is 381 g/mol. The van der Waals surface area contributed by atoms with E-state index in [4.69, 9.17) is 8.92 Å². The molecule has 0 aromatic heterocycles. The molecule has 18 heavy (non-hydrogen) atoms. The van der Waals surface area contributed by atoms with E-state index in [-0.39, 0.29) is 0 Å². The zero-order valence-corrected chi connectivity index (χ0v) is 16.4. The fourth-order valence-corrected chi connectivity index (χ4v) is 8.44. The molecule has 0 aliphatic rings. The van der Waals surface area contributed by atoms with Crippen molar-refractivity contribution in [3.05, 3.63) is 0 Å². The maximum atomic E-state index is 6.56. The van der Waals surface area contributed by atoms with Gasteiger partial charge in [0.2, 0.25) is 0 Å². The second-order valence-corrected chi connectivity index (χ2v) is 14.9. The number of rotatable bonds is 14. The Hall–Kier alpha value is 1.09. The molecule has 0 heterocycles. The number of hydrogen-bond donors (Lipinski definition) is 0. The van der Waals surface area contributed by atoms with Gasteiger partial charge in [0.15, 0.2) is 0 Å². The molecule has 2 heteroatoms. The first-order chi connectivity index (χ1) is 8.81. The van der Waals surface area contributed by atoms with Gasteiger partial charge in [0, 0.05) is 0 Å². The average Bonchev–Trinajstić information content (AvgIpc) is 2.38. The molecule has 0 spiro atoms. The first kappa shape index (κ1) is 19.1. The van der Waals surface area contributed by atoms with Crippen LogP contribution in [0.3, 0.4) is 0 Å². The summed E-state index contributed by atoms with van der Waals surface area (Å²) in [6, 6.07) is 0. The Labute approximate surface area is 127 Å². The second kappa shape index (κ2) is 16.1. The van der Waals surface area contributed by atoms with E-state index in [1.807, 2.05) is 0 Å². The van der Waals surface area contributed by atoms with Crippen LogP contribution in [0.1, 0.15) is 90.9 Å². The standard InChI is InChI=1S/2C8H17.ClH.Sn/c2*1-3-5-7-8-6-4-2;;/h2*1,3-8H2,2H3;1H;/q;;;+2/p-1. The predicted molar refractivity (Wildman–Crippen MR) is 88.0 cm³/mol. The van der Waals surface area contributed by atoms with Crippen molar-refractivity contribution in [1.29, 1.82) is 0 Å². The summed E-state index contributed by atoms with van der Waals surface area (Å²) in [5, 5.41) is 0. The van der Waals surface area contributed by atoms with Crippen molar-refractivity contribution >= 4 is 27.6 Å². The van der Waals surface area contributed by atoms with Gasteiger partial charge in [-0.15, -0.1) is 0 Å². The van der Waals surface area contributed by atoms with Crippen LogP contribution in [-0.4, -0.2) is 18.6 Å². The normalized spacial score (nSPS) is 10.8. The summed E-state index contributed by atoms with van der Waals surface area (Å²) in [7, 11) is 6.56. The molecule has 0 amide bonds. The second-order valence-electron chi connectivity index (χ2n) is 5.55. The Morgan fingerprint density at radius 2 is 0.889 bits per heavy atom. The third kappa shape index (κ3) is 15.1. The number of unbranched alkanes of at least 4 members (excludes halogenated alkanes) is 10. The fraction of sp³-hybridized carbons (Fsp3) is 1.00. The maximum absolute atomic E-state index is 6.56. The van der Waals surface area contributed by atoms with Gasteiger partial charge in [0.05, 0.1) is 0 Å². The molecule has 0 aliphatic heterocycles. The Morgan fingerprint density at radius 1 is 0.556 bits per heavy atom.